The van der Waals surface area contributed by atoms with Crippen LogP contribution in [0.4, 0.5) is 24.7 Å². The predicted octanol–water partition coefficient (Wildman–Crippen LogP) is 3.95. The van der Waals surface area contributed by atoms with Gasteiger partial charge in [0.15, 0.2) is 17.5 Å². The van der Waals surface area contributed by atoms with Crippen LogP contribution in [-0.2, 0) is 4.74 Å². The molecule has 0 unspecified atom stereocenters. The standard InChI is InChI=1S/C15H10F3N3O2S/c1-6-9-13(21-8-4-3-7(16)10(17)11(8)18)19-5-20-14(9)24-12(6)15(22)23-2/h3-5H,1-2H3,(H,19,20,21). The van der Waals surface area contributed by atoms with Crippen molar-refractivity contribution in [2.75, 3.05) is 12.4 Å². The van der Waals surface area contributed by atoms with Gasteiger partial charge in [-0.05, 0) is 24.6 Å². The molecule has 1 aromatic carbocycles. The van der Waals surface area contributed by atoms with E-state index >= 15 is 0 Å². The van der Waals surface area contributed by atoms with Gasteiger partial charge in [0.1, 0.15) is 21.9 Å². The number of hydrogen-bond acceptors (Lipinski definition) is 6. The van der Waals surface area contributed by atoms with Crippen LogP contribution in [-0.4, -0.2) is 23.0 Å². The van der Waals surface area contributed by atoms with E-state index in [4.69, 9.17) is 4.74 Å². The molecule has 0 aliphatic carbocycles. The maximum absolute atomic E-state index is 13.8. The molecule has 0 aliphatic rings. The maximum Gasteiger partial charge on any atom is 0.348 e. The lowest BCUT2D eigenvalue weighted by Crippen LogP contribution is -2.02. The van der Waals surface area contributed by atoms with E-state index in [0.717, 1.165) is 23.5 Å². The van der Waals surface area contributed by atoms with Crippen LogP contribution in [0.15, 0.2) is 18.5 Å². The van der Waals surface area contributed by atoms with Crippen LogP contribution in [0.3, 0.4) is 0 Å². The van der Waals surface area contributed by atoms with Crippen molar-refractivity contribution >= 4 is 39.0 Å². The molecule has 0 amide bonds. The molecule has 1 N–H and O–H groups in total. The largest absolute Gasteiger partial charge is 0.465 e. The van der Waals surface area contributed by atoms with Gasteiger partial charge in [0.25, 0.3) is 0 Å². The minimum atomic E-state index is -1.58. The first kappa shape index (κ1) is 16.2. The normalized spacial score (nSPS) is 10.9. The molecule has 0 saturated carbocycles. The van der Waals surface area contributed by atoms with Gasteiger partial charge in [-0.3, -0.25) is 0 Å². The molecule has 3 aromatic rings. The zero-order chi connectivity index (χ0) is 17.4. The van der Waals surface area contributed by atoms with Gasteiger partial charge in [-0.25, -0.2) is 27.9 Å². The molecule has 0 atom stereocenters. The highest BCUT2D eigenvalue weighted by Gasteiger charge is 2.21. The Labute approximate surface area is 138 Å². The molecular formula is C15H10F3N3O2S. The summed E-state index contributed by atoms with van der Waals surface area (Å²) in [5, 5.41) is 3.09. The van der Waals surface area contributed by atoms with Crippen molar-refractivity contribution in [3.63, 3.8) is 0 Å². The van der Waals surface area contributed by atoms with E-state index in [2.05, 4.69) is 15.3 Å². The van der Waals surface area contributed by atoms with Crippen molar-refractivity contribution in [1.29, 1.82) is 0 Å². The number of nitrogens with zero attached hydrogens (tertiary/aromatic N) is 2. The second-order valence-electron chi connectivity index (χ2n) is 4.80. The molecule has 0 saturated heterocycles. The summed E-state index contributed by atoms with van der Waals surface area (Å²) in [6.45, 7) is 1.67. The zero-order valence-corrected chi connectivity index (χ0v) is 13.3. The lowest BCUT2D eigenvalue weighted by atomic mass is 10.2. The lowest BCUT2D eigenvalue weighted by Gasteiger charge is -2.09. The van der Waals surface area contributed by atoms with Crippen LogP contribution in [0.25, 0.3) is 10.2 Å². The van der Waals surface area contributed by atoms with Crippen molar-refractivity contribution in [1.82, 2.24) is 9.97 Å². The lowest BCUT2D eigenvalue weighted by molar-refractivity contribution is 0.0605. The number of fused-ring (bicyclic) bond motifs is 1. The number of hydrogen-bond donors (Lipinski definition) is 1. The first-order chi connectivity index (χ1) is 11.4. The molecule has 3 rings (SSSR count). The molecule has 124 valence electrons. The maximum atomic E-state index is 13.8. The number of halogens is 3. The summed E-state index contributed by atoms with van der Waals surface area (Å²) in [6, 6.07) is 1.87. The fourth-order valence-electron chi connectivity index (χ4n) is 2.20. The van der Waals surface area contributed by atoms with Crippen LogP contribution in [0.2, 0.25) is 0 Å². The van der Waals surface area contributed by atoms with Gasteiger partial charge < -0.3 is 10.1 Å². The number of methoxy groups -OCH3 is 1. The average molecular weight is 353 g/mol. The molecular weight excluding hydrogens is 343 g/mol. The summed E-state index contributed by atoms with van der Waals surface area (Å²) < 4.78 is 44.9. The van der Waals surface area contributed by atoms with E-state index in [9.17, 15) is 18.0 Å². The van der Waals surface area contributed by atoms with Crippen molar-refractivity contribution in [2.45, 2.75) is 6.92 Å². The molecule has 0 spiro atoms. The Kier molecular flexibility index (Phi) is 4.10. The molecule has 0 radical (unpaired) electrons. The molecule has 0 fully saturated rings. The zero-order valence-electron chi connectivity index (χ0n) is 12.5. The first-order valence-electron chi connectivity index (χ1n) is 6.67. The van der Waals surface area contributed by atoms with E-state index in [1.54, 1.807) is 6.92 Å². The Morgan fingerprint density at radius 2 is 1.96 bits per heavy atom. The third kappa shape index (κ3) is 2.56. The number of esters is 1. The van der Waals surface area contributed by atoms with Gasteiger partial charge >= 0.3 is 5.97 Å². The van der Waals surface area contributed by atoms with Crippen LogP contribution >= 0.6 is 11.3 Å². The number of benzene rings is 1. The monoisotopic (exact) mass is 353 g/mol. The predicted molar refractivity (Wildman–Crippen MR) is 83.1 cm³/mol. The third-order valence-electron chi connectivity index (χ3n) is 3.39. The highest BCUT2D eigenvalue weighted by Crippen LogP contribution is 2.35. The molecule has 0 aliphatic heterocycles. The number of anilines is 2. The topological polar surface area (TPSA) is 64.1 Å². The van der Waals surface area contributed by atoms with Gasteiger partial charge in [0.2, 0.25) is 0 Å². The number of nitrogens with one attached hydrogen (secondary N) is 1. The number of rotatable bonds is 3. The number of carbonyl (C=O) groups excluding carboxylic acids is 1. The van der Waals surface area contributed by atoms with E-state index in [0.29, 0.717) is 20.7 Å². The van der Waals surface area contributed by atoms with Gasteiger partial charge in [-0.2, -0.15) is 0 Å². The quantitative estimate of drug-likeness (QED) is 0.571. The second kappa shape index (κ2) is 6.08. The summed E-state index contributed by atoms with van der Waals surface area (Å²) in [4.78, 5) is 20.7. The minimum absolute atomic E-state index is 0.175. The summed E-state index contributed by atoms with van der Waals surface area (Å²) >= 11 is 1.10. The molecule has 24 heavy (non-hydrogen) atoms. The summed E-state index contributed by atoms with van der Waals surface area (Å²) in [6.07, 6.45) is 1.22. The van der Waals surface area contributed by atoms with Gasteiger partial charge in [0, 0.05) is 0 Å². The number of carbonyl (C=O) groups is 1. The Morgan fingerprint density at radius 3 is 2.67 bits per heavy atom. The molecule has 2 heterocycles. The fraction of sp³-hybridized carbons (Fsp3) is 0.133. The molecule has 0 bridgehead atoms. The molecule has 2 aromatic heterocycles. The summed E-state index contributed by atoms with van der Waals surface area (Å²) in [5.41, 5.74) is 0.270. The Morgan fingerprint density at radius 1 is 1.21 bits per heavy atom. The number of aryl methyl sites for hydroxylation is 1. The van der Waals surface area contributed by atoms with Crippen molar-refractivity contribution < 1.29 is 22.7 Å². The van der Waals surface area contributed by atoms with Crippen LogP contribution in [0.1, 0.15) is 15.2 Å². The third-order valence-corrected chi connectivity index (χ3v) is 4.57. The van der Waals surface area contributed by atoms with Gasteiger partial charge in [-0.15, -0.1) is 11.3 Å². The van der Waals surface area contributed by atoms with E-state index in [1.807, 2.05) is 0 Å². The average Bonchev–Trinajstić information content (AvgIpc) is 2.92. The van der Waals surface area contributed by atoms with Crippen LogP contribution in [0, 0.1) is 24.4 Å². The van der Waals surface area contributed by atoms with Crippen LogP contribution < -0.4 is 5.32 Å². The van der Waals surface area contributed by atoms with Gasteiger partial charge in [0.05, 0.1) is 18.2 Å². The SMILES string of the molecule is COC(=O)c1sc2ncnc(Nc3ccc(F)c(F)c3F)c2c1C. The van der Waals surface area contributed by atoms with Crippen LogP contribution in [0.5, 0.6) is 0 Å². The smallest absolute Gasteiger partial charge is 0.348 e. The second-order valence-corrected chi connectivity index (χ2v) is 5.80. The molecule has 5 nitrogen and oxygen atoms in total. The Balaban J connectivity index is 2.12. The molecule has 9 heteroatoms. The van der Waals surface area contributed by atoms with Crippen molar-refractivity contribution in [3.05, 3.63) is 46.4 Å². The number of ether oxygens (including phenoxy) is 1. The number of thiophene rings is 1. The Hall–Kier alpha value is -2.68. The fourth-order valence-corrected chi connectivity index (χ4v) is 3.27. The van der Waals surface area contributed by atoms with Crippen molar-refractivity contribution in [3.8, 4) is 0 Å². The van der Waals surface area contributed by atoms with E-state index in [1.165, 1.54) is 13.4 Å². The first-order valence-corrected chi connectivity index (χ1v) is 7.48. The van der Waals surface area contributed by atoms with E-state index in [-0.39, 0.29) is 11.5 Å². The van der Waals surface area contributed by atoms with E-state index < -0.39 is 23.4 Å². The highest BCUT2D eigenvalue weighted by molar-refractivity contribution is 7.20. The minimum Gasteiger partial charge on any atom is -0.465 e. The van der Waals surface area contributed by atoms with Gasteiger partial charge in [-0.1, -0.05) is 0 Å². The number of aromatic nitrogens is 2. The Bertz CT molecular complexity index is 959. The van der Waals surface area contributed by atoms with Crippen molar-refractivity contribution in [2.24, 2.45) is 0 Å². The summed E-state index contributed by atoms with van der Waals surface area (Å²) in [7, 11) is 1.26. The highest BCUT2D eigenvalue weighted by atomic mass is 32.1. The summed E-state index contributed by atoms with van der Waals surface area (Å²) in [5.74, 6) is -4.58.